The number of carbonyl (C=O) groups is 1. The highest BCUT2D eigenvalue weighted by molar-refractivity contribution is 6.30. The van der Waals surface area contributed by atoms with Gasteiger partial charge < -0.3 is 24.3 Å². The summed E-state index contributed by atoms with van der Waals surface area (Å²) < 4.78 is 12.4. The maximum absolute atomic E-state index is 11.2. The average molecular weight is 415 g/mol. The molecule has 0 aliphatic rings. The first-order chi connectivity index (χ1) is 14.0. The molecular formula is C21H19ClN2O5. The Morgan fingerprint density at radius 2 is 2.03 bits per heavy atom. The molecule has 8 heteroatoms. The first-order valence-corrected chi connectivity index (χ1v) is 8.97. The minimum Gasteiger partial charge on any atom is -0.493 e. The number of aliphatic hydroxyl groups is 1. The van der Waals surface area contributed by atoms with E-state index in [0.29, 0.717) is 33.5 Å². The van der Waals surface area contributed by atoms with Crippen LogP contribution in [0.25, 0.3) is 11.8 Å². The zero-order valence-electron chi connectivity index (χ0n) is 15.7. The number of aromatic nitrogens is 2. The van der Waals surface area contributed by atoms with Gasteiger partial charge in [0.25, 0.3) is 0 Å². The number of aliphatic carboxylic acids is 1. The second-order valence-electron chi connectivity index (χ2n) is 6.01. The minimum atomic E-state index is -1.17. The fourth-order valence-electron chi connectivity index (χ4n) is 3.02. The fraction of sp³-hybridized carbons (Fsp3) is 0.143. The first-order valence-electron chi connectivity index (χ1n) is 8.59. The van der Waals surface area contributed by atoms with Crippen LogP contribution >= 0.6 is 11.6 Å². The third kappa shape index (κ3) is 4.26. The summed E-state index contributed by atoms with van der Waals surface area (Å²) >= 11 is 6.20. The quantitative estimate of drug-likeness (QED) is 0.572. The van der Waals surface area contributed by atoms with Crippen LogP contribution in [0.1, 0.15) is 23.1 Å². The van der Waals surface area contributed by atoms with Crippen LogP contribution in [-0.2, 0) is 4.79 Å². The fourth-order valence-corrected chi connectivity index (χ4v) is 3.20. The van der Waals surface area contributed by atoms with E-state index in [0.717, 1.165) is 6.08 Å². The number of hydrogen-bond donors (Lipinski definition) is 2. The number of hydrogen-bond acceptors (Lipinski definition) is 5. The van der Waals surface area contributed by atoms with Gasteiger partial charge in [-0.05, 0) is 36.4 Å². The van der Waals surface area contributed by atoms with Gasteiger partial charge in [0.05, 0.1) is 19.9 Å². The number of carboxylic acid groups (broad SMARTS) is 1. The van der Waals surface area contributed by atoms with Crippen molar-refractivity contribution in [2.75, 3.05) is 14.2 Å². The number of benzene rings is 1. The number of carboxylic acids is 1. The van der Waals surface area contributed by atoms with E-state index >= 15 is 0 Å². The molecule has 7 nitrogen and oxygen atoms in total. The minimum absolute atomic E-state index is 0.269. The summed E-state index contributed by atoms with van der Waals surface area (Å²) in [7, 11) is 2.97. The van der Waals surface area contributed by atoms with Gasteiger partial charge in [0.1, 0.15) is 11.8 Å². The van der Waals surface area contributed by atoms with E-state index in [1.165, 1.54) is 26.5 Å². The predicted octanol–water partition coefficient (Wildman–Crippen LogP) is 3.72. The van der Waals surface area contributed by atoms with E-state index in [4.69, 9.17) is 26.2 Å². The molecular weight excluding hydrogens is 396 g/mol. The van der Waals surface area contributed by atoms with Crippen LogP contribution in [0.5, 0.6) is 11.5 Å². The summed E-state index contributed by atoms with van der Waals surface area (Å²) in [6.45, 7) is 0. The highest BCUT2D eigenvalue weighted by Gasteiger charge is 2.24. The van der Waals surface area contributed by atoms with Crippen LogP contribution in [0.3, 0.4) is 0 Å². The summed E-state index contributed by atoms with van der Waals surface area (Å²) in [4.78, 5) is 15.2. The summed E-state index contributed by atoms with van der Waals surface area (Å²) in [6, 6.07) is 10.2. The molecule has 0 amide bonds. The number of aliphatic hydroxyl groups excluding tert-OH is 1. The van der Waals surface area contributed by atoms with Crippen LogP contribution in [0.2, 0.25) is 5.02 Å². The third-order valence-corrected chi connectivity index (χ3v) is 4.53. The molecule has 150 valence electrons. The normalized spacial score (nSPS) is 12.1. The Balaban J connectivity index is 2.15. The van der Waals surface area contributed by atoms with Gasteiger partial charge in [-0.2, -0.15) is 0 Å². The molecule has 3 rings (SSSR count). The molecule has 0 saturated carbocycles. The molecule has 0 spiro atoms. The topological polar surface area (TPSA) is 93.8 Å². The largest absolute Gasteiger partial charge is 0.493 e. The molecule has 29 heavy (non-hydrogen) atoms. The summed E-state index contributed by atoms with van der Waals surface area (Å²) in [5.41, 5.74) is 1.97. The number of ether oxygens (including phenoxy) is 2. The Hall–Kier alpha value is -3.29. The average Bonchev–Trinajstić information content (AvgIpc) is 3.19. The van der Waals surface area contributed by atoms with Gasteiger partial charge in [0.2, 0.25) is 0 Å². The SMILES string of the molecule is COc1ccnc(C(O)c2cc(Cl)ccc2-n2cccc2/C=C/C(=O)O)c1OC. The molecule has 0 aliphatic heterocycles. The maximum atomic E-state index is 11.2. The van der Waals surface area contributed by atoms with E-state index < -0.39 is 12.1 Å². The molecule has 1 unspecified atom stereocenters. The standard InChI is InChI=1S/C21H19ClN2O5/c1-28-17-9-10-23-19(21(17)29-2)20(27)15-12-13(22)5-7-16(15)24-11-3-4-14(24)6-8-18(25)26/h3-12,20,27H,1-2H3,(H,25,26)/b8-6+. The molecule has 3 aromatic rings. The molecule has 0 radical (unpaired) electrons. The molecule has 2 aromatic heterocycles. The van der Waals surface area contributed by atoms with Crippen molar-refractivity contribution < 1.29 is 24.5 Å². The van der Waals surface area contributed by atoms with Crippen molar-refractivity contribution >= 4 is 23.6 Å². The van der Waals surface area contributed by atoms with Crippen molar-refractivity contribution in [1.82, 2.24) is 9.55 Å². The molecule has 1 atom stereocenters. The Morgan fingerprint density at radius 1 is 1.24 bits per heavy atom. The van der Waals surface area contributed by atoms with Crippen LogP contribution in [0.4, 0.5) is 0 Å². The van der Waals surface area contributed by atoms with Crippen molar-refractivity contribution in [3.8, 4) is 17.2 Å². The van der Waals surface area contributed by atoms with E-state index in [2.05, 4.69) is 4.98 Å². The van der Waals surface area contributed by atoms with Gasteiger partial charge in [-0.3, -0.25) is 4.98 Å². The van der Waals surface area contributed by atoms with Crippen molar-refractivity contribution in [3.05, 3.63) is 76.8 Å². The number of rotatable bonds is 7. The van der Waals surface area contributed by atoms with Crippen LogP contribution in [0.15, 0.2) is 54.9 Å². The maximum Gasteiger partial charge on any atom is 0.328 e. The Kier molecular flexibility index (Phi) is 6.21. The summed E-state index contributed by atoms with van der Waals surface area (Å²) in [5.74, 6) is -0.308. The van der Waals surface area contributed by atoms with Crippen LogP contribution < -0.4 is 9.47 Å². The van der Waals surface area contributed by atoms with Crippen LogP contribution in [0, 0.1) is 0 Å². The molecule has 2 heterocycles. The molecule has 0 saturated heterocycles. The number of nitrogens with zero attached hydrogens (tertiary/aromatic N) is 2. The lowest BCUT2D eigenvalue weighted by atomic mass is 10.0. The molecule has 1 aromatic carbocycles. The lowest BCUT2D eigenvalue weighted by molar-refractivity contribution is -0.131. The van der Waals surface area contributed by atoms with E-state index in [-0.39, 0.29) is 5.69 Å². The van der Waals surface area contributed by atoms with Gasteiger partial charge in [-0.15, -0.1) is 0 Å². The second kappa shape index (κ2) is 8.81. The number of pyridine rings is 1. The molecule has 0 aliphatic carbocycles. The van der Waals surface area contributed by atoms with Crippen molar-refractivity contribution in [3.63, 3.8) is 0 Å². The summed E-state index contributed by atoms with van der Waals surface area (Å²) in [5, 5.41) is 20.5. The van der Waals surface area contributed by atoms with Crippen molar-refractivity contribution in [2.24, 2.45) is 0 Å². The molecule has 2 N–H and O–H groups in total. The van der Waals surface area contributed by atoms with Crippen LogP contribution in [-0.4, -0.2) is 40.0 Å². The number of methoxy groups -OCH3 is 2. The lowest BCUT2D eigenvalue weighted by Crippen LogP contribution is -2.10. The van der Waals surface area contributed by atoms with Crippen molar-refractivity contribution in [1.29, 1.82) is 0 Å². The first kappa shape index (κ1) is 20.4. The Labute approximate surface area is 172 Å². The highest BCUT2D eigenvalue weighted by atomic mass is 35.5. The van der Waals surface area contributed by atoms with Gasteiger partial charge in [-0.1, -0.05) is 11.6 Å². The smallest absolute Gasteiger partial charge is 0.328 e. The molecule has 0 bridgehead atoms. The zero-order valence-corrected chi connectivity index (χ0v) is 16.5. The second-order valence-corrected chi connectivity index (χ2v) is 6.45. The highest BCUT2D eigenvalue weighted by Crippen LogP contribution is 2.38. The third-order valence-electron chi connectivity index (χ3n) is 4.30. The lowest BCUT2D eigenvalue weighted by Gasteiger charge is -2.20. The van der Waals surface area contributed by atoms with Gasteiger partial charge in [0.15, 0.2) is 11.5 Å². The number of halogens is 1. The monoisotopic (exact) mass is 414 g/mol. The summed E-state index contributed by atoms with van der Waals surface area (Å²) in [6.07, 6.45) is 4.62. The zero-order chi connectivity index (χ0) is 21.0. The Morgan fingerprint density at radius 3 is 2.72 bits per heavy atom. The van der Waals surface area contributed by atoms with E-state index in [1.54, 1.807) is 47.2 Å². The van der Waals surface area contributed by atoms with E-state index in [1.807, 2.05) is 0 Å². The Bertz CT molecular complexity index is 1060. The van der Waals surface area contributed by atoms with Crippen molar-refractivity contribution in [2.45, 2.75) is 6.10 Å². The van der Waals surface area contributed by atoms with E-state index in [9.17, 15) is 9.90 Å². The molecule has 0 fully saturated rings. The predicted molar refractivity (Wildman–Crippen MR) is 109 cm³/mol. The van der Waals surface area contributed by atoms with Gasteiger partial charge in [0, 0.05) is 40.8 Å². The van der Waals surface area contributed by atoms with Gasteiger partial charge >= 0.3 is 5.97 Å². The van der Waals surface area contributed by atoms with Gasteiger partial charge in [-0.25, -0.2) is 4.79 Å².